The van der Waals surface area contributed by atoms with Crippen LogP contribution in [0, 0.1) is 5.41 Å². The zero-order valence-corrected chi connectivity index (χ0v) is 14.4. The van der Waals surface area contributed by atoms with Crippen molar-refractivity contribution >= 4 is 27.6 Å². The van der Waals surface area contributed by atoms with Crippen LogP contribution in [0.4, 0.5) is 5.69 Å². The van der Waals surface area contributed by atoms with Crippen LogP contribution in [0.2, 0.25) is 0 Å². The van der Waals surface area contributed by atoms with Crippen molar-refractivity contribution in [2.45, 2.75) is 45.1 Å². The molecule has 7 nitrogen and oxygen atoms in total. The molecule has 0 aromatic heterocycles. The number of rotatable bonds is 7. The fourth-order valence-electron chi connectivity index (χ4n) is 1.78. The van der Waals surface area contributed by atoms with E-state index in [0.29, 0.717) is 5.69 Å². The van der Waals surface area contributed by atoms with Crippen molar-refractivity contribution in [1.29, 1.82) is 0 Å². The lowest BCUT2D eigenvalue weighted by molar-refractivity contribution is -0.148. The van der Waals surface area contributed by atoms with E-state index in [1.54, 1.807) is 13.8 Å². The summed E-state index contributed by atoms with van der Waals surface area (Å²) in [5.74, 6) is -1.51. The average molecular weight is 342 g/mol. The second-order valence-electron chi connectivity index (χ2n) is 6.21. The van der Waals surface area contributed by atoms with Crippen LogP contribution in [0.25, 0.3) is 0 Å². The largest absolute Gasteiger partial charge is 0.481 e. The molecule has 1 aromatic carbocycles. The number of carboxylic acid groups (broad SMARTS) is 1. The minimum Gasteiger partial charge on any atom is -0.481 e. The highest BCUT2D eigenvalue weighted by Crippen LogP contribution is 2.22. The van der Waals surface area contributed by atoms with Crippen LogP contribution in [-0.4, -0.2) is 31.4 Å². The molecule has 8 heteroatoms. The molecule has 0 radical (unpaired) electrons. The minimum absolute atomic E-state index is 0.0927. The number of nitrogens with one attached hydrogen (secondary N) is 2. The number of benzene rings is 1. The van der Waals surface area contributed by atoms with Gasteiger partial charge in [-0.25, -0.2) is 13.1 Å². The molecule has 0 aliphatic heterocycles. The van der Waals surface area contributed by atoms with Gasteiger partial charge in [-0.1, -0.05) is 0 Å². The molecule has 0 saturated carbocycles. The van der Waals surface area contributed by atoms with Gasteiger partial charge in [-0.05, 0) is 52.0 Å². The first-order chi connectivity index (χ1) is 10.4. The molecule has 3 N–H and O–H groups in total. The first-order valence-corrected chi connectivity index (χ1v) is 8.58. The predicted molar refractivity (Wildman–Crippen MR) is 86.6 cm³/mol. The molecule has 0 unspecified atom stereocenters. The van der Waals surface area contributed by atoms with E-state index in [4.69, 9.17) is 5.11 Å². The summed E-state index contributed by atoms with van der Waals surface area (Å²) in [6.45, 7) is 6.36. The lowest BCUT2D eigenvalue weighted by Gasteiger charge is -2.18. The first-order valence-electron chi connectivity index (χ1n) is 7.10. The molecule has 0 aliphatic carbocycles. The number of amides is 1. The van der Waals surface area contributed by atoms with Crippen molar-refractivity contribution in [1.82, 2.24) is 4.72 Å². The zero-order valence-electron chi connectivity index (χ0n) is 13.6. The standard InChI is InChI=1S/C15H22N2O5S/c1-10(2)17-23(21,22)12-7-5-11(6-8-12)16-13(18)9-15(3,4)14(19)20/h5-8,10,17H,9H2,1-4H3,(H,16,18)(H,19,20). The number of hydrogen-bond donors (Lipinski definition) is 3. The maximum Gasteiger partial charge on any atom is 0.309 e. The molecule has 0 atom stereocenters. The molecular weight excluding hydrogens is 320 g/mol. The average Bonchev–Trinajstić information content (AvgIpc) is 2.36. The van der Waals surface area contributed by atoms with Crippen molar-refractivity contribution in [3.05, 3.63) is 24.3 Å². The summed E-state index contributed by atoms with van der Waals surface area (Å²) in [6, 6.07) is 5.45. The summed E-state index contributed by atoms with van der Waals surface area (Å²) in [5, 5.41) is 11.6. The van der Waals surface area contributed by atoms with Gasteiger partial charge in [0.15, 0.2) is 0 Å². The topological polar surface area (TPSA) is 113 Å². The van der Waals surface area contributed by atoms with Gasteiger partial charge in [0.1, 0.15) is 0 Å². The third-order valence-electron chi connectivity index (χ3n) is 3.02. The molecular formula is C15H22N2O5S. The van der Waals surface area contributed by atoms with Crippen molar-refractivity contribution in [3.8, 4) is 0 Å². The Morgan fingerprint density at radius 1 is 1.17 bits per heavy atom. The van der Waals surface area contributed by atoms with Gasteiger partial charge in [-0.15, -0.1) is 0 Å². The van der Waals surface area contributed by atoms with E-state index >= 15 is 0 Å². The Morgan fingerprint density at radius 2 is 1.70 bits per heavy atom. The first kappa shape index (κ1) is 19.1. The van der Waals surface area contributed by atoms with Crippen LogP contribution in [0.5, 0.6) is 0 Å². The fraction of sp³-hybridized carbons (Fsp3) is 0.467. The highest BCUT2D eigenvalue weighted by Gasteiger charge is 2.30. The number of carbonyl (C=O) groups excluding carboxylic acids is 1. The van der Waals surface area contributed by atoms with Crippen molar-refractivity contribution in [2.24, 2.45) is 5.41 Å². The summed E-state index contributed by atoms with van der Waals surface area (Å²) >= 11 is 0. The Kier molecular flexibility index (Phi) is 5.90. The number of aliphatic carboxylic acids is 1. The predicted octanol–water partition coefficient (Wildman–Crippen LogP) is 1.81. The highest BCUT2D eigenvalue weighted by atomic mass is 32.2. The molecule has 1 rings (SSSR count). The third-order valence-corrected chi connectivity index (χ3v) is 4.70. The van der Waals surface area contributed by atoms with Gasteiger partial charge in [-0.3, -0.25) is 9.59 Å². The second-order valence-corrected chi connectivity index (χ2v) is 7.93. The Bertz CT molecular complexity index is 678. The van der Waals surface area contributed by atoms with Gasteiger partial charge in [-0.2, -0.15) is 0 Å². The molecule has 128 valence electrons. The van der Waals surface area contributed by atoms with Crippen molar-refractivity contribution in [2.75, 3.05) is 5.32 Å². The summed E-state index contributed by atoms with van der Waals surface area (Å²) in [5.41, 5.74) is -0.770. The number of sulfonamides is 1. The molecule has 23 heavy (non-hydrogen) atoms. The molecule has 0 heterocycles. The third kappa shape index (κ3) is 5.65. The molecule has 1 amide bonds. The summed E-state index contributed by atoms with van der Waals surface area (Å²) in [6.07, 6.45) is -0.183. The van der Waals surface area contributed by atoms with E-state index in [-0.39, 0.29) is 17.4 Å². The SMILES string of the molecule is CC(C)NS(=O)(=O)c1ccc(NC(=O)CC(C)(C)C(=O)O)cc1. The molecule has 0 aliphatic rings. The molecule has 1 aromatic rings. The zero-order chi connectivity index (χ0) is 17.8. The Balaban J connectivity index is 2.79. The van der Waals surface area contributed by atoms with Crippen LogP contribution >= 0.6 is 0 Å². The number of carbonyl (C=O) groups is 2. The van der Waals surface area contributed by atoms with Crippen LogP contribution in [-0.2, 0) is 19.6 Å². The van der Waals surface area contributed by atoms with Crippen LogP contribution in [0.3, 0.4) is 0 Å². The summed E-state index contributed by atoms with van der Waals surface area (Å²) in [7, 11) is -3.59. The maximum atomic E-state index is 12.0. The quantitative estimate of drug-likeness (QED) is 0.699. The Labute approximate surface area is 136 Å². The van der Waals surface area contributed by atoms with Crippen LogP contribution < -0.4 is 10.0 Å². The maximum absolute atomic E-state index is 12.0. The van der Waals surface area contributed by atoms with E-state index in [1.165, 1.54) is 38.1 Å². The second kappa shape index (κ2) is 7.10. The van der Waals surface area contributed by atoms with Gasteiger partial charge >= 0.3 is 5.97 Å². The van der Waals surface area contributed by atoms with E-state index in [2.05, 4.69) is 10.0 Å². The van der Waals surface area contributed by atoms with Gasteiger partial charge in [0, 0.05) is 18.2 Å². The fourth-order valence-corrected chi connectivity index (χ4v) is 3.03. The van der Waals surface area contributed by atoms with Gasteiger partial charge in [0.2, 0.25) is 15.9 Å². The van der Waals surface area contributed by atoms with Crippen molar-refractivity contribution in [3.63, 3.8) is 0 Å². The van der Waals surface area contributed by atoms with E-state index in [0.717, 1.165) is 0 Å². The Hall–Kier alpha value is -1.93. The van der Waals surface area contributed by atoms with Gasteiger partial charge in [0.25, 0.3) is 0 Å². The number of hydrogen-bond acceptors (Lipinski definition) is 4. The summed E-state index contributed by atoms with van der Waals surface area (Å²) in [4.78, 5) is 22.9. The highest BCUT2D eigenvalue weighted by molar-refractivity contribution is 7.89. The van der Waals surface area contributed by atoms with E-state index in [9.17, 15) is 18.0 Å². The summed E-state index contributed by atoms with van der Waals surface area (Å²) < 4.78 is 26.4. The van der Waals surface area contributed by atoms with E-state index < -0.39 is 27.3 Å². The van der Waals surface area contributed by atoms with Crippen molar-refractivity contribution < 1.29 is 23.1 Å². The van der Waals surface area contributed by atoms with Gasteiger partial charge in [0.05, 0.1) is 10.3 Å². The molecule has 0 spiro atoms. The lowest BCUT2D eigenvalue weighted by atomic mass is 9.89. The lowest BCUT2D eigenvalue weighted by Crippen LogP contribution is -2.30. The van der Waals surface area contributed by atoms with E-state index in [1.807, 2.05) is 0 Å². The molecule has 0 saturated heterocycles. The Morgan fingerprint density at radius 3 is 2.13 bits per heavy atom. The smallest absolute Gasteiger partial charge is 0.309 e. The number of carboxylic acids is 1. The van der Waals surface area contributed by atoms with Crippen LogP contribution in [0.15, 0.2) is 29.2 Å². The molecule has 0 bridgehead atoms. The van der Waals surface area contributed by atoms with Gasteiger partial charge < -0.3 is 10.4 Å². The van der Waals surface area contributed by atoms with Crippen LogP contribution in [0.1, 0.15) is 34.1 Å². The monoisotopic (exact) mass is 342 g/mol. The normalized spacial score (nSPS) is 12.2. The minimum atomic E-state index is -3.59. The molecule has 0 fully saturated rings. The number of anilines is 1.